The Kier molecular flexibility index (Phi) is 4.43. The fourth-order valence-electron chi connectivity index (χ4n) is 2.08. The van der Waals surface area contributed by atoms with E-state index in [4.69, 9.17) is 4.42 Å². The molecular weight excluding hydrogens is 300 g/mol. The molecule has 1 nitrogen and oxygen atoms in total. The van der Waals surface area contributed by atoms with E-state index in [1.54, 1.807) is 0 Å². The fourth-order valence-corrected chi connectivity index (χ4v) is 2.54. The molecular formula is C17H17BrO. The van der Waals surface area contributed by atoms with Gasteiger partial charge in [0.15, 0.2) is 0 Å². The van der Waals surface area contributed by atoms with Crippen LogP contribution >= 0.6 is 15.9 Å². The van der Waals surface area contributed by atoms with E-state index in [9.17, 15) is 0 Å². The van der Waals surface area contributed by atoms with Crippen LogP contribution in [0.15, 0.2) is 57.4 Å². The van der Waals surface area contributed by atoms with Gasteiger partial charge >= 0.3 is 0 Å². The second-order valence-corrected chi connectivity index (χ2v) is 4.89. The average Bonchev–Trinajstić information content (AvgIpc) is 2.79. The van der Waals surface area contributed by atoms with Crippen molar-refractivity contribution >= 4 is 26.9 Å². The van der Waals surface area contributed by atoms with Crippen LogP contribution in [0.25, 0.3) is 22.3 Å². The van der Waals surface area contributed by atoms with Crippen LogP contribution in [0.1, 0.15) is 19.4 Å². The van der Waals surface area contributed by atoms with Crippen LogP contribution < -0.4 is 0 Å². The minimum absolute atomic E-state index is 0.941. The maximum Gasteiger partial charge on any atom is 0.139 e. The molecule has 0 bridgehead atoms. The van der Waals surface area contributed by atoms with Gasteiger partial charge in [0.2, 0.25) is 0 Å². The van der Waals surface area contributed by atoms with E-state index in [1.165, 1.54) is 10.9 Å². The minimum atomic E-state index is 0.941. The van der Waals surface area contributed by atoms with Crippen molar-refractivity contribution in [2.75, 3.05) is 0 Å². The van der Waals surface area contributed by atoms with Gasteiger partial charge in [0, 0.05) is 21.0 Å². The van der Waals surface area contributed by atoms with Crippen LogP contribution in [0.2, 0.25) is 0 Å². The lowest BCUT2D eigenvalue weighted by atomic mass is 10.1. The normalized spacial score (nSPS) is 10.1. The van der Waals surface area contributed by atoms with Crippen molar-refractivity contribution in [3.05, 3.63) is 58.6 Å². The lowest BCUT2D eigenvalue weighted by molar-refractivity contribution is 0.629. The molecule has 3 aromatic rings. The van der Waals surface area contributed by atoms with Crippen LogP contribution in [0, 0.1) is 6.92 Å². The number of rotatable bonds is 1. The van der Waals surface area contributed by atoms with E-state index in [0.29, 0.717) is 0 Å². The van der Waals surface area contributed by atoms with E-state index < -0.39 is 0 Å². The third kappa shape index (κ3) is 2.59. The zero-order valence-corrected chi connectivity index (χ0v) is 13.0. The number of benzene rings is 2. The molecule has 98 valence electrons. The monoisotopic (exact) mass is 316 g/mol. The van der Waals surface area contributed by atoms with E-state index in [0.717, 1.165) is 21.4 Å². The van der Waals surface area contributed by atoms with Crippen molar-refractivity contribution in [2.45, 2.75) is 20.8 Å². The van der Waals surface area contributed by atoms with Gasteiger partial charge in [-0.25, -0.2) is 0 Å². The first-order valence-corrected chi connectivity index (χ1v) is 7.29. The van der Waals surface area contributed by atoms with Crippen LogP contribution in [-0.4, -0.2) is 0 Å². The van der Waals surface area contributed by atoms with Crippen molar-refractivity contribution < 1.29 is 4.42 Å². The standard InChI is InChI=1S/C15H11BrO.C2H6/c1-10-11-6-3-5-9-14(11)17-15(10)12-7-2-4-8-13(12)16;1-2/h2-9H,1H3;1-2H3. The Hall–Kier alpha value is -1.54. The smallest absolute Gasteiger partial charge is 0.139 e. The van der Waals surface area contributed by atoms with Crippen LogP contribution in [0.3, 0.4) is 0 Å². The van der Waals surface area contributed by atoms with Gasteiger partial charge in [-0.3, -0.25) is 0 Å². The van der Waals surface area contributed by atoms with Gasteiger partial charge in [0.1, 0.15) is 11.3 Å². The number of halogens is 1. The summed E-state index contributed by atoms with van der Waals surface area (Å²) in [6, 6.07) is 16.2. The number of furan rings is 1. The molecule has 3 rings (SSSR count). The molecule has 0 N–H and O–H groups in total. The molecule has 0 unspecified atom stereocenters. The second-order valence-electron chi connectivity index (χ2n) is 4.03. The first-order chi connectivity index (χ1) is 9.27. The molecule has 0 fully saturated rings. The van der Waals surface area contributed by atoms with Gasteiger partial charge < -0.3 is 4.42 Å². The van der Waals surface area contributed by atoms with Gasteiger partial charge in [0.05, 0.1) is 0 Å². The SMILES string of the molecule is CC.Cc1c(-c2ccccc2Br)oc2ccccc12. The summed E-state index contributed by atoms with van der Waals surface area (Å²) in [5, 5.41) is 1.18. The summed E-state index contributed by atoms with van der Waals surface area (Å²) in [6.07, 6.45) is 0. The third-order valence-electron chi connectivity index (χ3n) is 2.96. The predicted molar refractivity (Wildman–Crippen MR) is 85.4 cm³/mol. The van der Waals surface area contributed by atoms with E-state index in [1.807, 2.05) is 50.2 Å². The maximum absolute atomic E-state index is 5.94. The maximum atomic E-state index is 5.94. The number of para-hydroxylation sites is 1. The molecule has 0 spiro atoms. The summed E-state index contributed by atoms with van der Waals surface area (Å²) in [5.74, 6) is 0.943. The van der Waals surface area contributed by atoms with Crippen LogP contribution in [0.4, 0.5) is 0 Å². The van der Waals surface area contributed by atoms with Crippen molar-refractivity contribution in [1.29, 1.82) is 0 Å². The molecule has 0 radical (unpaired) electrons. The number of hydrogen-bond acceptors (Lipinski definition) is 1. The molecule has 0 aliphatic carbocycles. The van der Waals surface area contributed by atoms with Crippen LogP contribution in [0.5, 0.6) is 0 Å². The van der Waals surface area contributed by atoms with E-state index >= 15 is 0 Å². The quantitative estimate of drug-likeness (QED) is 0.521. The highest BCUT2D eigenvalue weighted by Crippen LogP contribution is 2.36. The molecule has 1 heterocycles. The number of aryl methyl sites for hydroxylation is 1. The third-order valence-corrected chi connectivity index (χ3v) is 3.65. The van der Waals surface area contributed by atoms with Gasteiger partial charge in [0.25, 0.3) is 0 Å². The van der Waals surface area contributed by atoms with Crippen molar-refractivity contribution in [2.24, 2.45) is 0 Å². The van der Waals surface area contributed by atoms with Crippen molar-refractivity contribution in [3.8, 4) is 11.3 Å². The molecule has 0 saturated heterocycles. The Morgan fingerprint density at radius 1 is 0.895 bits per heavy atom. The first kappa shape index (κ1) is 13.9. The largest absolute Gasteiger partial charge is 0.456 e. The van der Waals surface area contributed by atoms with Gasteiger partial charge in [-0.1, -0.05) is 66.2 Å². The van der Waals surface area contributed by atoms with E-state index in [2.05, 4.69) is 35.0 Å². The Morgan fingerprint density at radius 3 is 2.21 bits per heavy atom. The minimum Gasteiger partial charge on any atom is -0.456 e. The zero-order chi connectivity index (χ0) is 13.8. The summed E-state index contributed by atoms with van der Waals surface area (Å²) < 4.78 is 6.99. The average molecular weight is 317 g/mol. The summed E-state index contributed by atoms with van der Waals surface area (Å²) in [4.78, 5) is 0. The Labute approximate surface area is 122 Å². The van der Waals surface area contributed by atoms with E-state index in [-0.39, 0.29) is 0 Å². The van der Waals surface area contributed by atoms with Gasteiger partial charge in [-0.2, -0.15) is 0 Å². The first-order valence-electron chi connectivity index (χ1n) is 6.50. The molecule has 1 aromatic heterocycles. The number of fused-ring (bicyclic) bond motifs is 1. The summed E-state index contributed by atoms with van der Waals surface area (Å²) in [5.41, 5.74) is 3.23. The molecule has 0 aliphatic rings. The Balaban J connectivity index is 0.000000637. The lowest BCUT2D eigenvalue weighted by Crippen LogP contribution is -1.78. The summed E-state index contributed by atoms with van der Waals surface area (Å²) in [7, 11) is 0. The van der Waals surface area contributed by atoms with Crippen molar-refractivity contribution in [1.82, 2.24) is 0 Å². The number of hydrogen-bond donors (Lipinski definition) is 0. The summed E-state index contributed by atoms with van der Waals surface area (Å²) >= 11 is 3.56. The second kappa shape index (κ2) is 6.07. The molecule has 0 amide bonds. The van der Waals surface area contributed by atoms with Gasteiger partial charge in [-0.15, -0.1) is 0 Å². The molecule has 0 aliphatic heterocycles. The summed E-state index contributed by atoms with van der Waals surface area (Å²) in [6.45, 7) is 6.10. The predicted octanol–water partition coefficient (Wildman–Crippen LogP) is 6.20. The highest BCUT2D eigenvalue weighted by Gasteiger charge is 2.13. The molecule has 2 heteroatoms. The topological polar surface area (TPSA) is 13.1 Å². The Bertz CT molecular complexity index is 683. The van der Waals surface area contributed by atoms with Crippen LogP contribution in [-0.2, 0) is 0 Å². The zero-order valence-electron chi connectivity index (χ0n) is 11.4. The molecule has 0 saturated carbocycles. The highest BCUT2D eigenvalue weighted by atomic mass is 79.9. The molecule has 0 atom stereocenters. The fraction of sp³-hybridized carbons (Fsp3) is 0.176. The lowest BCUT2D eigenvalue weighted by Gasteiger charge is -2.01. The van der Waals surface area contributed by atoms with Gasteiger partial charge in [-0.05, 0) is 19.1 Å². The molecule has 2 aromatic carbocycles. The highest BCUT2D eigenvalue weighted by molar-refractivity contribution is 9.10. The Morgan fingerprint density at radius 2 is 1.53 bits per heavy atom. The molecule has 19 heavy (non-hydrogen) atoms. The van der Waals surface area contributed by atoms with Crippen molar-refractivity contribution in [3.63, 3.8) is 0 Å².